The van der Waals surface area contributed by atoms with Crippen LogP contribution in [0.2, 0.25) is 5.02 Å². The van der Waals surface area contributed by atoms with Crippen LogP contribution < -0.4 is 21.1 Å². The van der Waals surface area contributed by atoms with Gasteiger partial charge in [-0.1, -0.05) is 29.8 Å². The van der Waals surface area contributed by atoms with Crippen molar-refractivity contribution in [3.63, 3.8) is 0 Å². The van der Waals surface area contributed by atoms with Crippen LogP contribution in [0.25, 0.3) is 5.69 Å². The van der Waals surface area contributed by atoms with Gasteiger partial charge in [0, 0.05) is 13.1 Å². The molecule has 1 saturated heterocycles. The van der Waals surface area contributed by atoms with E-state index < -0.39 is 6.03 Å². The maximum atomic E-state index is 11.3. The van der Waals surface area contributed by atoms with Crippen LogP contribution in [0.4, 0.5) is 10.6 Å². The van der Waals surface area contributed by atoms with Gasteiger partial charge in [0.15, 0.2) is 5.82 Å². The van der Waals surface area contributed by atoms with Crippen LogP contribution >= 0.6 is 11.6 Å². The molecule has 1 unspecified atom stereocenters. The number of hydrogen-bond donors (Lipinski definition) is 3. The second kappa shape index (κ2) is 7.52. The maximum absolute atomic E-state index is 11.3. The van der Waals surface area contributed by atoms with Crippen molar-refractivity contribution in [1.82, 2.24) is 15.1 Å². The Kier molecular flexibility index (Phi) is 5.19. The Balaban J connectivity index is 1.84. The zero-order chi connectivity index (χ0) is 16.9. The van der Waals surface area contributed by atoms with Gasteiger partial charge in [-0.2, -0.15) is 0 Å². The Morgan fingerprint density at radius 2 is 2.29 bits per heavy atom. The van der Waals surface area contributed by atoms with E-state index in [1.165, 1.54) is 4.68 Å². The minimum atomic E-state index is -0.736. The summed E-state index contributed by atoms with van der Waals surface area (Å²) in [6.45, 7) is 2.46. The van der Waals surface area contributed by atoms with E-state index in [0.29, 0.717) is 25.4 Å². The molecule has 3 rings (SSSR count). The Labute approximate surface area is 143 Å². The van der Waals surface area contributed by atoms with Crippen molar-refractivity contribution >= 4 is 23.4 Å². The molecule has 2 amide bonds. The van der Waals surface area contributed by atoms with Gasteiger partial charge in [-0.05, 0) is 12.1 Å². The monoisotopic (exact) mass is 351 g/mol. The van der Waals surface area contributed by atoms with Crippen LogP contribution in [0.5, 0.6) is 5.88 Å². The van der Waals surface area contributed by atoms with Crippen LogP contribution in [0.1, 0.15) is 0 Å². The normalized spacial score (nSPS) is 17.5. The van der Waals surface area contributed by atoms with Gasteiger partial charge in [-0.3, -0.25) is 5.32 Å². The van der Waals surface area contributed by atoms with Crippen LogP contribution in [0.15, 0.2) is 30.3 Å². The number of carbonyl (C=O) groups is 1. The fourth-order valence-electron chi connectivity index (χ4n) is 2.35. The van der Waals surface area contributed by atoms with E-state index in [9.17, 15) is 4.79 Å². The van der Waals surface area contributed by atoms with Crippen molar-refractivity contribution in [1.29, 1.82) is 0 Å². The van der Waals surface area contributed by atoms with Gasteiger partial charge in [0.05, 0.1) is 12.3 Å². The average Bonchev–Trinajstić information content (AvgIpc) is 2.90. The Morgan fingerprint density at radius 3 is 2.96 bits per heavy atom. The molecule has 0 spiro atoms. The summed E-state index contributed by atoms with van der Waals surface area (Å²) in [5, 5.41) is 10.2. The van der Waals surface area contributed by atoms with Crippen molar-refractivity contribution in [3.8, 4) is 11.6 Å². The molecule has 2 heterocycles. The highest BCUT2D eigenvalue weighted by Gasteiger charge is 2.22. The van der Waals surface area contributed by atoms with Gasteiger partial charge in [-0.25, -0.2) is 9.48 Å². The highest BCUT2D eigenvalue weighted by Crippen LogP contribution is 2.34. The molecular weight excluding hydrogens is 334 g/mol. The molecule has 24 heavy (non-hydrogen) atoms. The summed E-state index contributed by atoms with van der Waals surface area (Å²) in [5.41, 5.74) is 5.94. The minimum absolute atomic E-state index is 0.0794. The largest absolute Gasteiger partial charge is 0.473 e. The Bertz CT molecular complexity index is 701. The van der Waals surface area contributed by atoms with Crippen LogP contribution in [-0.4, -0.2) is 48.2 Å². The lowest BCUT2D eigenvalue weighted by atomic mass is 10.3. The molecule has 1 aliphatic heterocycles. The van der Waals surface area contributed by atoms with Crippen molar-refractivity contribution in [2.24, 2.45) is 5.73 Å². The minimum Gasteiger partial charge on any atom is -0.473 e. The number of benzene rings is 1. The van der Waals surface area contributed by atoms with E-state index in [-0.39, 0.29) is 22.8 Å². The number of aromatic nitrogens is 2. The number of rotatable bonds is 5. The molecule has 128 valence electrons. The topological polar surface area (TPSA) is 103 Å². The second-order valence-electron chi connectivity index (χ2n) is 5.21. The summed E-state index contributed by atoms with van der Waals surface area (Å²) in [7, 11) is 0. The molecule has 1 aromatic heterocycles. The fraction of sp³-hybridized carbons (Fsp3) is 0.333. The fourth-order valence-corrected chi connectivity index (χ4v) is 2.57. The van der Waals surface area contributed by atoms with Crippen LogP contribution in [0, 0.1) is 0 Å². The Hall–Kier alpha value is -2.29. The number of ether oxygens (including phenoxy) is 2. The van der Waals surface area contributed by atoms with E-state index >= 15 is 0 Å². The summed E-state index contributed by atoms with van der Waals surface area (Å²) in [4.78, 5) is 11.3. The molecule has 1 atom stereocenters. The first-order valence-corrected chi connectivity index (χ1v) is 7.88. The highest BCUT2D eigenvalue weighted by atomic mass is 35.5. The Morgan fingerprint density at radius 1 is 1.50 bits per heavy atom. The summed E-state index contributed by atoms with van der Waals surface area (Å²) in [5.74, 6) is 0.464. The number of primary amides is 1. The first-order chi connectivity index (χ1) is 11.6. The number of nitrogens with zero attached hydrogens (tertiary/aromatic N) is 2. The van der Waals surface area contributed by atoms with E-state index in [1.54, 1.807) is 0 Å². The van der Waals surface area contributed by atoms with E-state index in [2.05, 4.69) is 15.7 Å². The molecule has 0 bridgehead atoms. The van der Waals surface area contributed by atoms with Gasteiger partial charge < -0.3 is 20.5 Å². The van der Waals surface area contributed by atoms with Crippen molar-refractivity contribution < 1.29 is 14.3 Å². The molecular formula is C15H18ClN5O3. The predicted octanol–water partition coefficient (Wildman–Crippen LogP) is 1.38. The SMILES string of the molecule is NC(=O)Nc1c(Cl)c(OCC2CNCCO2)nn1-c1ccccc1. The molecule has 9 heteroatoms. The molecule has 4 N–H and O–H groups in total. The lowest BCUT2D eigenvalue weighted by Gasteiger charge is -2.23. The molecule has 0 aliphatic carbocycles. The summed E-state index contributed by atoms with van der Waals surface area (Å²) in [6.07, 6.45) is -0.0794. The number of carbonyl (C=O) groups excluding carboxylic acids is 1. The number of halogens is 1. The van der Waals surface area contributed by atoms with Crippen molar-refractivity contribution in [3.05, 3.63) is 35.4 Å². The number of nitrogens with two attached hydrogens (primary N) is 1. The molecule has 1 aliphatic rings. The van der Waals surface area contributed by atoms with Crippen LogP contribution in [-0.2, 0) is 4.74 Å². The third-order valence-electron chi connectivity index (χ3n) is 3.45. The summed E-state index contributed by atoms with van der Waals surface area (Å²) in [6, 6.07) is 8.49. The summed E-state index contributed by atoms with van der Waals surface area (Å²) >= 11 is 6.31. The number of urea groups is 1. The summed E-state index contributed by atoms with van der Waals surface area (Å²) < 4.78 is 12.7. The van der Waals surface area contributed by atoms with Crippen molar-refractivity contribution in [2.75, 3.05) is 31.6 Å². The first-order valence-electron chi connectivity index (χ1n) is 7.50. The smallest absolute Gasteiger partial charge is 0.317 e. The third-order valence-corrected chi connectivity index (χ3v) is 3.79. The number of nitrogens with one attached hydrogen (secondary N) is 2. The molecule has 8 nitrogen and oxygen atoms in total. The van der Waals surface area contributed by atoms with E-state index in [0.717, 1.165) is 6.54 Å². The lowest BCUT2D eigenvalue weighted by Crippen LogP contribution is -2.41. The maximum Gasteiger partial charge on any atom is 0.317 e. The number of morpholine rings is 1. The lowest BCUT2D eigenvalue weighted by molar-refractivity contribution is -0.000787. The quantitative estimate of drug-likeness (QED) is 0.755. The van der Waals surface area contributed by atoms with Gasteiger partial charge in [-0.15, -0.1) is 5.10 Å². The molecule has 2 aromatic rings. The highest BCUT2D eigenvalue weighted by molar-refractivity contribution is 6.34. The molecule has 0 saturated carbocycles. The number of hydrogen-bond acceptors (Lipinski definition) is 5. The van der Waals surface area contributed by atoms with E-state index in [4.69, 9.17) is 26.8 Å². The van der Waals surface area contributed by atoms with E-state index in [1.807, 2.05) is 30.3 Å². The number of amides is 2. The molecule has 0 radical (unpaired) electrons. The third kappa shape index (κ3) is 3.78. The van der Waals surface area contributed by atoms with Gasteiger partial charge >= 0.3 is 6.03 Å². The standard InChI is InChI=1S/C15H18ClN5O3/c16-12-13(19-15(17)22)21(10-4-2-1-3-5-10)20-14(12)24-9-11-8-18-6-7-23-11/h1-5,11,18H,6-9H2,(H3,17,19,22). The number of anilines is 1. The average molecular weight is 352 g/mol. The molecule has 1 fully saturated rings. The first kappa shape index (κ1) is 16.6. The van der Waals surface area contributed by atoms with Crippen LogP contribution in [0.3, 0.4) is 0 Å². The molecule has 1 aromatic carbocycles. The zero-order valence-electron chi connectivity index (χ0n) is 12.9. The van der Waals surface area contributed by atoms with Gasteiger partial charge in [0.1, 0.15) is 17.7 Å². The predicted molar refractivity (Wildman–Crippen MR) is 89.9 cm³/mol. The van der Waals surface area contributed by atoms with Gasteiger partial charge in [0.25, 0.3) is 5.88 Å². The zero-order valence-corrected chi connectivity index (χ0v) is 13.6. The van der Waals surface area contributed by atoms with Gasteiger partial charge in [0.2, 0.25) is 0 Å². The number of para-hydroxylation sites is 1. The van der Waals surface area contributed by atoms with Crippen molar-refractivity contribution in [2.45, 2.75) is 6.10 Å². The second-order valence-corrected chi connectivity index (χ2v) is 5.59.